The summed E-state index contributed by atoms with van der Waals surface area (Å²) in [5.41, 5.74) is 5.41. The fourth-order valence-corrected chi connectivity index (χ4v) is 7.50. The molecule has 0 radical (unpaired) electrons. The van der Waals surface area contributed by atoms with Gasteiger partial charge >= 0.3 is 0 Å². The highest BCUT2D eigenvalue weighted by Crippen LogP contribution is 2.48. The molecule has 0 bridgehead atoms. The molecule has 10 heteroatoms. The fourth-order valence-electron chi connectivity index (χ4n) is 7.50. The molecular formula is C36H42FN7O2. The summed E-state index contributed by atoms with van der Waals surface area (Å²) in [6, 6.07) is 11.7. The van der Waals surface area contributed by atoms with Gasteiger partial charge in [-0.15, -0.1) is 0 Å². The Morgan fingerprint density at radius 1 is 1.07 bits per heavy atom. The summed E-state index contributed by atoms with van der Waals surface area (Å²) in [5.74, 6) is -0.184. The van der Waals surface area contributed by atoms with E-state index in [0.717, 1.165) is 48.3 Å². The maximum absolute atomic E-state index is 15.3. The summed E-state index contributed by atoms with van der Waals surface area (Å²) in [6.07, 6.45) is 7.59. The van der Waals surface area contributed by atoms with Gasteiger partial charge in [-0.3, -0.25) is 9.59 Å². The van der Waals surface area contributed by atoms with E-state index in [-0.39, 0.29) is 23.5 Å². The molecule has 7 rings (SSSR count). The van der Waals surface area contributed by atoms with Crippen LogP contribution in [0.3, 0.4) is 0 Å². The Balaban J connectivity index is 1.27. The standard InChI is InChI=1S/C36H42FN7O2/c1-6-42-20-39-30-19-28(40-33(32(30)42)41-29-18-25(34(45)38-5)21(2)14-27(29)37)22-10-11-26-31(15-22)44(35(46)36(26,3)4)24-16-23(17-24)43-12-8-7-9-13-43/h10-11,14-15,18-20,23-24H,6-9,12-13,16-17H2,1-5H3,(H,38,45)(H,40,41)/t23-,24+. The zero-order chi connectivity index (χ0) is 32.3. The largest absolute Gasteiger partial charge is 0.355 e. The number of fused-ring (bicyclic) bond motifs is 2. The molecule has 3 aliphatic rings. The highest BCUT2D eigenvalue weighted by molar-refractivity contribution is 6.09. The summed E-state index contributed by atoms with van der Waals surface area (Å²) >= 11 is 0. The summed E-state index contributed by atoms with van der Waals surface area (Å²) < 4.78 is 17.3. The van der Waals surface area contributed by atoms with Gasteiger partial charge in [-0.25, -0.2) is 14.4 Å². The van der Waals surface area contributed by atoms with Crippen molar-refractivity contribution in [1.82, 2.24) is 24.8 Å². The lowest BCUT2D eigenvalue weighted by Gasteiger charge is -2.48. The number of aryl methyl sites for hydroxylation is 2. The molecule has 0 spiro atoms. The molecule has 1 saturated heterocycles. The van der Waals surface area contributed by atoms with Crippen LogP contribution in [0, 0.1) is 12.7 Å². The van der Waals surface area contributed by atoms with E-state index >= 15 is 4.39 Å². The molecule has 2 aromatic carbocycles. The van der Waals surface area contributed by atoms with Crippen LogP contribution in [0.25, 0.3) is 22.3 Å². The van der Waals surface area contributed by atoms with Crippen molar-refractivity contribution in [2.75, 3.05) is 30.4 Å². The Morgan fingerprint density at radius 2 is 1.83 bits per heavy atom. The van der Waals surface area contributed by atoms with Gasteiger partial charge in [0.1, 0.15) is 11.3 Å². The van der Waals surface area contributed by atoms with E-state index in [0.29, 0.717) is 40.7 Å². The van der Waals surface area contributed by atoms with Crippen molar-refractivity contribution >= 4 is 40.0 Å². The first kappa shape index (κ1) is 30.3. The van der Waals surface area contributed by atoms with Gasteiger partial charge in [0, 0.05) is 42.5 Å². The molecule has 46 heavy (non-hydrogen) atoms. The van der Waals surface area contributed by atoms with Crippen molar-refractivity contribution in [3.63, 3.8) is 0 Å². The predicted molar refractivity (Wildman–Crippen MR) is 179 cm³/mol. The third-order valence-corrected chi connectivity index (χ3v) is 10.3. The molecule has 0 unspecified atom stereocenters. The van der Waals surface area contributed by atoms with E-state index in [1.54, 1.807) is 20.3 Å². The lowest BCUT2D eigenvalue weighted by Crippen LogP contribution is -2.57. The van der Waals surface area contributed by atoms with Gasteiger partial charge in [-0.1, -0.05) is 18.6 Å². The number of halogens is 1. The lowest BCUT2D eigenvalue weighted by atomic mass is 9.82. The first-order valence-corrected chi connectivity index (χ1v) is 16.5. The van der Waals surface area contributed by atoms with Crippen LogP contribution in [0.2, 0.25) is 0 Å². The topological polar surface area (TPSA) is 95.4 Å². The lowest BCUT2D eigenvalue weighted by molar-refractivity contribution is -0.123. The number of rotatable bonds is 7. The monoisotopic (exact) mass is 623 g/mol. The van der Waals surface area contributed by atoms with Crippen molar-refractivity contribution in [2.24, 2.45) is 0 Å². The Bertz CT molecular complexity index is 1850. The van der Waals surface area contributed by atoms with E-state index in [4.69, 9.17) is 4.98 Å². The highest BCUT2D eigenvalue weighted by atomic mass is 19.1. The minimum absolute atomic E-state index is 0.149. The van der Waals surface area contributed by atoms with Crippen LogP contribution in [0.1, 0.15) is 74.4 Å². The molecule has 9 nitrogen and oxygen atoms in total. The number of anilines is 3. The second kappa shape index (κ2) is 11.5. The minimum Gasteiger partial charge on any atom is -0.355 e. The zero-order valence-electron chi connectivity index (χ0n) is 27.3. The number of nitrogens with one attached hydrogen (secondary N) is 2. The molecule has 0 atom stereocenters. The van der Waals surface area contributed by atoms with Gasteiger partial charge in [-0.05, 0) is 102 Å². The number of benzene rings is 2. The normalized spacial score (nSPS) is 20.9. The second-order valence-corrected chi connectivity index (χ2v) is 13.5. The summed E-state index contributed by atoms with van der Waals surface area (Å²) in [6.45, 7) is 10.7. The van der Waals surface area contributed by atoms with E-state index in [1.165, 1.54) is 31.4 Å². The van der Waals surface area contributed by atoms with Gasteiger partial charge in [0.25, 0.3) is 5.91 Å². The van der Waals surface area contributed by atoms with Crippen LogP contribution in [0.4, 0.5) is 21.6 Å². The molecule has 2 fully saturated rings. The van der Waals surface area contributed by atoms with Gasteiger partial charge < -0.3 is 25.0 Å². The molecule has 2 amide bonds. The molecular weight excluding hydrogens is 581 g/mol. The van der Waals surface area contributed by atoms with Gasteiger partial charge in [0.15, 0.2) is 5.82 Å². The summed E-state index contributed by atoms with van der Waals surface area (Å²) in [7, 11) is 1.55. The Morgan fingerprint density at radius 3 is 2.54 bits per heavy atom. The number of carbonyl (C=O) groups is 2. The second-order valence-electron chi connectivity index (χ2n) is 13.5. The average molecular weight is 624 g/mol. The van der Waals surface area contributed by atoms with E-state index in [9.17, 15) is 9.59 Å². The van der Waals surface area contributed by atoms with Crippen molar-refractivity contribution in [2.45, 2.75) is 83.8 Å². The SMILES string of the molecule is CCn1cnc2cc(-c3ccc4c(c3)N([C@H]3C[C@@H](N5CCCCC5)C3)C(=O)C4(C)C)nc(Nc3cc(C(=O)NC)c(C)cc3F)c21. The predicted octanol–water partition coefficient (Wildman–Crippen LogP) is 6.31. The zero-order valence-corrected chi connectivity index (χ0v) is 27.3. The quantitative estimate of drug-likeness (QED) is 0.251. The number of amides is 2. The molecule has 4 heterocycles. The Labute approximate surface area is 269 Å². The smallest absolute Gasteiger partial charge is 0.251 e. The number of pyridine rings is 1. The first-order valence-electron chi connectivity index (χ1n) is 16.5. The van der Waals surface area contributed by atoms with E-state index < -0.39 is 11.2 Å². The maximum Gasteiger partial charge on any atom is 0.251 e. The van der Waals surface area contributed by atoms with Crippen LogP contribution in [0.15, 0.2) is 42.7 Å². The van der Waals surface area contributed by atoms with Crippen LogP contribution in [-0.4, -0.2) is 63.5 Å². The van der Waals surface area contributed by atoms with Crippen LogP contribution >= 0.6 is 0 Å². The Hall–Kier alpha value is -4.31. The number of piperidine rings is 1. The number of nitrogens with zero attached hydrogens (tertiary/aromatic N) is 5. The maximum atomic E-state index is 15.3. The highest BCUT2D eigenvalue weighted by Gasteiger charge is 2.50. The van der Waals surface area contributed by atoms with Gasteiger partial charge in [0.05, 0.1) is 28.6 Å². The minimum atomic E-state index is -0.612. The van der Waals surface area contributed by atoms with E-state index in [2.05, 4.69) is 32.7 Å². The third kappa shape index (κ3) is 4.94. The number of hydrogen-bond donors (Lipinski definition) is 2. The number of likely N-dealkylation sites (tertiary alicyclic amines) is 1. The fraction of sp³-hybridized carbons (Fsp3) is 0.444. The number of carbonyl (C=O) groups excluding carboxylic acids is 2. The van der Waals surface area contributed by atoms with E-state index in [1.807, 2.05) is 42.4 Å². The van der Waals surface area contributed by atoms with Crippen LogP contribution < -0.4 is 15.5 Å². The number of hydrogen-bond acceptors (Lipinski definition) is 6. The first-order chi connectivity index (χ1) is 22.1. The molecule has 1 saturated carbocycles. The molecule has 4 aromatic rings. The number of imidazole rings is 1. The molecule has 2 N–H and O–H groups in total. The molecule has 240 valence electrons. The van der Waals surface area contributed by atoms with Crippen molar-refractivity contribution in [3.8, 4) is 11.3 Å². The third-order valence-electron chi connectivity index (χ3n) is 10.3. The summed E-state index contributed by atoms with van der Waals surface area (Å²) in [4.78, 5) is 40.7. The van der Waals surface area contributed by atoms with Gasteiger partial charge in [-0.2, -0.15) is 0 Å². The van der Waals surface area contributed by atoms with Crippen molar-refractivity contribution < 1.29 is 14.0 Å². The van der Waals surface area contributed by atoms with Crippen molar-refractivity contribution in [1.29, 1.82) is 0 Å². The average Bonchev–Trinajstić information content (AvgIpc) is 3.54. The van der Waals surface area contributed by atoms with Crippen LogP contribution in [-0.2, 0) is 16.8 Å². The molecule has 2 aromatic heterocycles. The van der Waals surface area contributed by atoms with Crippen LogP contribution in [0.5, 0.6) is 0 Å². The molecule has 1 aliphatic carbocycles. The number of aromatic nitrogens is 3. The van der Waals surface area contributed by atoms with Gasteiger partial charge in [0.2, 0.25) is 5.91 Å². The van der Waals surface area contributed by atoms with Crippen molar-refractivity contribution in [3.05, 3.63) is 65.2 Å². The molecule has 2 aliphatic heterocycles. The summed E-state index contributed by atoms with van der Waals surface area (Å²) in [5, 5.41) is 5.82. The Kier molecular flexibility index (Phi) is 7.58.